The van der Waals surface area contributed by atoms with Gasteiger partial charge in [-0.3, -0.25) is 19.6 Å². The maximum absolute atomic E-state index is 14.7. The number of hydrogen-bond donors (Lipinski definition) is 3. The van der Waals surface area contributed by atoms with E-state index in [2.05, 4.69) is 20.6 Å². The van der Waals surface area contributed by atoms with Gasteiger partial charge in [0.15, 0.2) is 5.78 Å². The van der Waals surface area contributed by atoms with Crippen molar-refractivity contribution in [2.75, 3.05) is 24.3 Å². The fourth-order valence-electron chi connectivity index (χ4n) is 4.06. The molecule has 8 nitrogen and oxygen atoms in total. The van der Waals surface area contributed by atoms with Crippen LogP contribution < -0.4 is 16.4 Å². The molecule has 1 atom stereocenters. The number of ether oxygens (including phenoxy) is 1. The lowest BCUT2D eigenvalue weighted by molar-refractivity contribution is -0.137. The van der Waals surface area contributed by atoms with Crippen LogP contribution in [0.5, 0.6) is 0 Å². The van der Waals surface area contributed by atoms with E-state index >= 15 is 0 Å². The van der Waals surface area contributed by atoms with E-state index in [-0.39, 0.29) is 66.0 Å². The van der Waals surface area contributed by atoms with Crippen LogP contribution in [-0.2, 0) is 22.3 Å². The average molecular weight is 552 g/mol. The van der Waals surface area contributed by atoms with E-state index in [0.29, 0.717) is 5.69 Å². The molecule has 1 aliphatic rings. The molecule has 0 unspecified atom stereocenters. The number of nitrogens with one attached hydrogen (secondary N) is 2. The number of rotatable bonds is 8. The smallest absolute Gasteiger partial charge is 0.397 e. The monoisotopic (exact) mass is 551 g/mol. The first-order chi connectivity index (χ1) is 18.0. The van der Waals surface area contributed by atoms with Crippen LogP contribution in [0.2, 0.25) is 5.02 Å². The van der Waals surface area contributed by atoms with Crippen molar-refractivity contribution in [3.63, 3.8) is 0 Å². The Labute approximate surface area is 219 Å². The standard InChI is InChI=1S/C25H22ClF4N5O3/c26-15-1-2-20(18(6-15)25(28,29)30)35-17-7-19(27)21(33-11-17)12-34-23(37)24(3-4-38-13-24)8-22(36)14-5-16(31)10-32-9-14/h1-2,5-7,9-11,35H,3-4,8,12-13,31H2,(H,34,37)/t24-/m0/s1. The first kappa shape index (κ1) is 27.3. The molecule has 0 bridgehead atoms. The summed E-state index contributed by atoms with van der Waals surface area (Å²) >= 11 is 5.69. The van der Waals surface area contributed by atoms with Gasteiger partial charge in [0, 0.05) is 42.1 Å². The highest BCUT2D eigenvalue weighted by atomic mass is 35.5. The Morgan fingerprint density at radius 2 is 1.95 bits per heavy atom. The van der Waals surface area contributed by atoms with Gasteiger partial charge in [0.05, 0.1) is 53.1 Å². The zero-order valence-corrected chi connectivity index (χ0v) is 20.5. The van der Waals surface area contributed by atoms with E-state index in [1.165, 1.54) is 24.5 Å². The summed E-state index contributed by atoms with van der Waals surface area (Å²) in [5.41, 5.74) is 3.57. The number of benzene rings is 1. The molecule has 2 aromatic heterocycles. The summed E-state index contributed by atoms with van der Waals surface area (Å²) in [6.45, 7) is -0.0370. The van der Waals surface area contributed by atoms with Crippen molar-refractivity contribution in [1.82, 2.24) is 15.3 Å². The van der Waals surface area contributed by atoms with Crippen LogP contribution in [0.4, 0.5) is 34.6 Å². The molecule has 13 heteroatoms. The van der Waals surface area contributed by atoms with Gasteiger partial charge in [-0.05, 0) is 30.7 Å². The fourth-order valence-corrected chi connectivity index (χ4v) is 4.23. The molecule has 3 heterocycles. The minimum absolute atomic E-state index is 0.00170. The number of nitrogen functional groups attached to an aromatic ring is 1. The highest BCUT2D eigenvalue weighted by Gasteiger charge is 2.44. The molecule has 0 saturated carbocycles. The zero-order chi connectivity index (χ0) is 27.5. The number of hydrogen-bond acceptors (Lipinski definition) is 7. The number of ketones is 1. The molecular weight excluding hydrogens is 530 g/mol. The lowest BCUT2D eigenvalue weighted by Crippen LogP contribution is -2.43. The molecule has 38 heavy (non-hydrogen) atoms. The van der Waals surface area contributed by atoms with Crippen LogP contribution >= 0.6 is 11.6 Å². The van der Waals surface area contributed by atoms with Crippen molar-refractivity contribution >= 4 is 40.4 Å². The van der Waals surface area contributed by atoms with Crippen molar-refractivity contribution in [3.8, 4) is 0 Å². The number of carbonyl (C=O) groups excluding carboxylic acids is 2. The molecule has 1 saturated heterocycles. The molecule has 0 radical (unpaired) electrons. The minimum atomic E-state index is -4.69. The second kappa shape index (κ2) is 10.9. The van der Waals surface area contributed by atoms with Gasteiger partial charge in [-0.15, -0.1) is 0 Å². The van der Waals surface area contributed by atoms with Gasteiger partial charge in [-0.1, -0.05) is 11.6 Å². The highest BCUT2D eigenvalue weighted by molar-refractivity contribution is 6.30. The van der Waals surface area contributed by atoms with Crippen LogP contribution in [-0.4, -0.2) is 34.9 Å². The van der Waals surface area contributed by atoms with E-state index in [9.17, 15) is 27.2 Å². The molecule has 1 amide bonds. The van der Waals surface area contributed by atoms with Crippen LogP contribution in [0.25, 0.3) is 0 Å². The van der Waals surface area contributed by atoms with Gasteiger partial charge in [-0.2, -0.15) is 13.2 Å². The average Bonchev–Trinajstić information content (AvgIpc) is 3.33. The van der Waals surface area contributed by atoms with E-state index in [0.717, 1.165) is 24.4 Å². The highest BCUT2D eigenvalue weighted by Crippen LogP contribution is 2.38. The number of Topliss-reactive ketones (excluding diaryl/α,β-unsaturated/α-hetero) is 1. The van der Waals surface area contributed by atoms with Crippen LogP contribution in [0.1, 0.15) is 34.5 Å². The molecule has 1 aromatic carbocycles. The Hall–Kier alpha value is -3.77. The number of amides is 1. The van der Waals surface area contributed by atoms with Gasteiger partial charge in [-0.25, -0.2) is 4.39 Å². The Morgan fingerprint density at radius 1 is 1.16 bits per heavy atom. The topological polar surface area (TPSA) is 119 Å². The van der Waals surface area contributed by atoms with Crippen molar-refractivity contribution in [1.29, 1.82) is 0 Å². The third-order valence-electron chi connectivity index (χ3n) is 6.07. The van der Waals surface area contributed by atoms with Crippen LogP contribution in [0.15, 0.2) is 48.9 Å². The summed E-state index contributed by atoms with van der Waals surface area (Å²) in [5, 5.41) is 4.99. The van der Waals surface area contributed by atoms with Gasteiger partial charge in [0.1, 0.15) is 5.82 Å². The van der Waals surface area contributed by atoms with Gasteiger partial charge >= 0.3 is 6.18 Å². The maximum Gasteiger partial charge on any atom is 0.418 e. The van der Waals surface area contributed by atoms with Gasteiger partial charge in [0.2, 0.25) is 5.91 Å². The Morgan fingerprint density at radius 3 is 2.61 bits per heavy atom. The molecule has 3 aromatic rings. The number of anilines is 3. The minimum Gasteiger partial charge on any atom is -0.397 e. The largest absolute Gasteiger partial charge is 0.418 e. The van der Waals surface area contributed by atoms with Gasteiger partial charge in [0.25, 0.3) is 0 Å². The Bertz CT molecular complexity index is 1360. The van der Waals surface area contributed by atoms with Crippen LogP contribution in [0, 0.1) is 11.2 Å². The lowest BCUT2D eigenvalue weighted by atomic mass is 9.80. The van der Waals surface area contributed by atoms with Crippen molar-refractivity contribution in [3.05, 3.63) is 76.6 Å². The van der Waals surface area contributed by atoms with Crippen molar-refractivity contribution in [2.45, 2.75) is 25.6 Å². The quantitative estimate of drug-likeness (QED) is 0.269. The van der Waals surface area contributed by atoms with E-state index in [1.54, 1.807) is 0 Å². The summed E-state index contributed by atoms with van der Waals surface area (Å²) in [6.07, 6.45) is -0.673. The number of aromatic nitrogens is 2. The molecule has 0 aliphatic carbocycles. The normalized spacial score (nSPS) is 17.3. The predicted octanol–water partition coefficient (Wildman–Crippen LogP) is 4.91. The first-order valence-electron chi connectivity index (χ1n) is 11.3. The summed E-state index contributed by atoms with van der Waals surface area (Å²) in [4.78, 5) is 33.7. The van der Waals surface area contributed by atoms with Crippen molar-refractivity contribution in [2.24, 2.45) is 5.41 Å². The SMILES string of the molecule is Nc1cncc(C(=O)C[C@@]2(C(=O)NCc3ncc(Nc4ccc(Cl)cc4C(F)(F)F)cc3F)CCOC2)c1. The summed E-state index contributed by atoms with van der Waals surface area (Å²) in [6, 6.07) is 5.58. The maximum atomic E-state index is 14.7. The number of carbonyl (C=O) groups is 2. The number of pyridine rings is 2. The van der Waals surface area contributed by atoms with E-state index < -0.39 is 28.9 Å². The molecule has 200 valence electrons. The predicted molar refractivity (Wildman–Crippen MR) is 131 cm³/mol. The second-order valence-corrected chi connectivity index (χ2v) is 9.27. The number of nitrogens with zero attached hydrogens (tertiary/aromatic N) is 2. The zero-order valence-electron chi connectivity index (χ0n) is 19.7. The van der Waals surface area contributed by atoms with E-state index in [1.807, 2.05) is 0 Å². The molecule has 4 N–H and O–H groups in total. The molecule has 0 spiro atoms. The summed E-state index contributed by atoms with van der Waals surface area (Å²) in [7, 11) is 0. The van der Waals surface area contributed by atoms with E-state index in [4.69, 9.17) is 22.1 Å². The molecule has 4 rings (SSSR count). The fraction of sp³-hybridized carbons (Fsp3) is 0.280. The summed E-state index contributed by atoms with van der Waals surface area (Å²) < 4.78 is 60.1. The number of alkyl halides is 3. The molecule has 1 fully saturated rings. The number of halogens is 5. The Balaban J connectivity index is 1.44. The summed E-state index contributed by atoms with van der Waals surface area (Å²) in [5.74, 6) is -1.71. The molecular formula is C25H22ClF4N5O3. The second-order valence-electron chi connectivity index (χ2n) is 8.84. The third kappa shape index (κ3) is 6.20. The Kier molecular flexibility index (Phi) is 7.83. The van der Waals surface area contributed by atoms with Crippen LogP contribution in [0.3, 0.4) is 0 Å². The van der Waals surface area contributed by atoms with Crippen molar-refractivity contribution < 1.29 is 31.9 Å². The first-order valence-corrected chi connectivity index (χ1v) is 11.7. The third-order valence-corrected chi connectivity index (χ3v) is 6.30. The molecule has 1 aliphatic heterocycles. The lowest BCUT2D eigenvalue weighted by Gasteiger charge is -2.25. The van der Waals surface area contributed by atoms with Gasteiger partial charge < -0.3 is 21.1 Å². The number of nitrogens with two attached hydrogens (primary N) is 1.